The predicted octanol–water partition coefficient (Wildman–Crippen LogP) is -4.42. The van der Waals surface area contributed by atoms with Crippen LogP contribution in [0.3, 0.4) is 0 Å². The van der Waals surface area contributed by atoms with Gasteiger partial charge in [-0.15, -0.1) is 0 Å². The second-order valence-electron chi connectivity index (χ2n) is 6.76. The fourth-order valence-corrected chi connectivity index (χ4v) is 8.65. The molecule has 0 aromatic carbocycles. The molecule has 0 amide bonds. The summed E-state index contributed by atoms with van der Waals surface area (Å²) in [6, 6.07) is 0. The van der Waals surface area contributed by atoms with E-state index in [9.17, 15) is 32.1 Å². The summed E-state index contributed by atoms with van der Waals surface area (Å²) in [5.74, 6) is -1.84. The van der Waals surface area contributed by atoms with Crippen LogP contribution in [0.15, 0.2) is 0 Å². The largest absolute Gasteiger partial charge is 1.00 e. The quantitative estimate of drug-likeness (QED) is 0.0346. The van der Waals surface area contributed by atoms with E-state index < -0.39 is 82.0 Å². The standard InChI is InChI=1S/C18H30O12S6.2Na/c1-11(19)27-15(17(9-35(23)24)29-13(3)21)7-33-31-5-6-32-34-8-16(28-12(2)20)18(10-36(25)26)30-14(4)22;;/h15-18H,5-10H2,1-4H3,(H,23,24)(H,25,26);;/q;2*+1/p-1/t15-,16-,17+,18+;;/m0../s1. The van der Waals surface area contributed by atoms with Gasteiger partial charge in [-0.1, -0.05) is 54.3 Å². The Morgan fingerprint density at radius 1 is 0.658 bits per heavy atom. The maximum absolute atomic E-state index is 11.4. The van der Waals surface area contributed by atoms with Gasteiger partial charge in [0.1, 0.15) is 18.3 Å². The summed E-state index contributed by atoms with van der Waals surface area (Å²) in [6.07, 6.45) is -4.04. The molecule has 0 saturated heterocycles. The van der Waals surface area contributed by atoms with Gasteiger partial charge in [-0.3, -0.25) is 23.4 Å². The minimum absolute atomic E-state index is 0. The minimum Gasteiger partial charge on any atom is -0.772 e. The molecule has 12 nitrogen and oxygen atoms in total. The SMILES string of the molecule is CC(=O)O[C@@H](CSSCCSSC[C@H](OC(C)=O)[C@@H](CS(=O)O)OC(C)=O)[C@@H](CS(=O)[O-])OC(C)=O.[Na+].[Na+]. The average Bonchev–Trinajstić information content (AvgIpc) is 2.71. The first kappa shape index (κ1) is 43.9. The monoisotopic (exact) mass is 675 g/mol. The summed E-state index contributed by atoms with van der Waals surface area (Å²) >= 11 is -4.77. The first-order valence-corrected chi connectivity index (χ1v) is 17.6. The Morgan fingerprint density at radius 2 is 0.974 bits per heavy atom. The summed E-state index contributed by atoms with van der Waals surface area (Å²) < 4.78 is 62.9. The minimum atomic E-state index is -2.51. The summed E-state index contributed by atoms with van der Waals surface area (Å²) in [5, 5.41) is 0. The molecule has 6 atom stereocenters. The van der Waals surface area contributed by atoms with Crippen molar-refractivity contribution in [2.75, 3.05) is 34.5 Å². The van der Waals surface area contributed by atoms with E-state index >= 15 is 0 Å². The third kappa shape index (κ3) is 25.2. The molecule has 0 aliphatic heterocycles. The van der Waals surface area contributed by atoms with Crippen LogP contribution in [0, 0.1) is 0 Å². The van der Waals surface area contributed by atoms with Crippen LogP contribution in [-0.2, 0) is 60.3 Å². The van der Waals surface area contributed by atoms with Crippen LogP contribution in [0.25, 0.3) is 0 Å². The summed E-state index contributed by atoms with van der Waals surface area (Å²) in [4.78, 5) is 45.4. The van der Waals surface area contributed by atoms with Gasteiger partial charge in [0.15, 0.2) is 17.2 Å². The Bertz CT molecular complexity index is 684. The molecule has 0 aromatic heterocycles. The van der Waals surface area contributed by atoms with E-state index in [1.165, 1.54) is 57.0 Å². The normalized spacial score (nSPS) is 15.2. The molecule has 0 heterocycles. The number of carbonyl (C=O) groups is 4. The van der Waals surface area contributed by atoms with Gasteiger partial charge < -0.3 is 28.1 Å². The third-order valence-electron chi connectivity index (χ3n) is 3.59. The van der Waals surface area contributed by atoms with Crippen LogP contribution in [0.5, 0.6) is 0 Å². The van der Waals surface area contributed by atoms with Gasteiger partial charge in [0.25, 0.3) is 0 Å². The van der Waals surface area contributed by atoms with Crippen molar-refractivity contribution >= 4 is 89.2 Å². The van der Waals surface area contributed by atoms with Gasteiger partial charge in [0.2, 0.25) is 0 Å². The van der Waals surface area contributed by atoms with Gasteiger partial charge in [-0.25, -0.2) is 4.21 Å². The Morgan fingerprint density at radius 3 is 1.26 bits per heavy atom. The number of esters is 4. The first-order valence-electron chi connectivity index (χ1n) is 10.1. The molecule has 0 aliphatic rings. The fourth-order valence-electron chi connectivity index (χ4n) is 2.41. The zero-order valence-electron chi connectivity index (χ0n) is 21.9. The molecule has 2 unspecified atom stereocenters. The molecule has 1 N–H and O–H groups in total. The molecule has 0 rings (SSSR count). The molecule has 38 heavy (non-hydrogen) atoms. The molecule has 0 bridgehead atoms. The van der Waals surface area contributed by atoms with Crippen molar-refractivity contribution in [1.29, 1.82) is 0 Å². The van der Waals surface area contributed by atoms with Crippen LogP contribution in [0.1, 0.15) is 27.7 Å². The van der Waals surface area contributed by atoms with E-state index in [2.05, 4.69) is 0 Å². The van der Waals surface area contributed by atoms with Crippen molar-refractivity contribution in [3.8, 4) is 0 Å². The third-order valence-corrected chi connectivity index (χ3v) is 9.88. The second kappa shape index (κ2) is 26.2. The Balaban J connectivity index is -0.00000612. The fraction of sp³-hybridized carbons (Fsp3) is 0.778. The van der Waals surface area contributed by atoms with Crippen molar-refractivity contribution in [3.63, 3.8) is 0 Å². The van der Waals surface area contributed by atoms with E-state index in [4.69, 9.17) is 23.5 Å². The molecule has 0 aliphatic carbocycles. The van der Waals surface area contributed by atoms with E-state index in [0.29, 0.717) is 11.5 Å². The molecule has 0 spiro atoms. The average molecular weight is 676 g/mol. The molecule has 0 fully saturated rings. The first-order chi connectivity index (χ1) is 16.8. The van der Waals surface area contributed by atoms with E-state index in [0.717, 1.165) is 13.8 Å². The number of carbonyl (C=O) groups excluding carboxylic acids is 4. The molecular formula is C18H29Na2O12S6+. The zero-order valence-corrected chi connectivity index (χ0v) is 30.8. The van der Waals surface area contributed by atoms with Gasteiger partial charge >= 0.3 is 83.0 Å². The second-order valence-corrected chi connectivity index (χ2v) is 13.9. The Kier molecular flexibility index (Phi) is 30.2. The van der Waals surface area contributed by atoms with Gasteiger partial charge in [-0.05, 0) is 0 Å². The number of hydrogen-bond donors (Lipinski definition) is 1. The van der Waals surface area contributed by atoms with Gasteiger partial charge in [0, 0.05) is 50.7 Å². The van der Waals surface area contributed by atoms with E-state index in [-0.39, 0.29) is 70.6 Å². The summed E-state index contributed by atoms with van der Waals surface area (Å²) in [6.45, 7) is 4.63. The molecular weight excluding hydrogens is 647 g/mol. The van der Waals surface area contributed by atoms with E-state index in [1.807, 2.05) is 0 Å². The van der Waals surface area contributed by atoms with Crippen LogP contribution >= 0.6 is 43.2 Å². The van der Waals surface area contributed by atoms with Crippen LogP contribution < -0.4 is 59.1 Å². The molecule has 0 saturated carbocycles. The summed E-state index contributed by atoms with van der Waals surface area (Å²) in [7, 11) is 5.50. The number of hydrogen-bond acceptors (Lipinski definition) is 15. The topological polar surface area (TPSA) is 183 Å². The molecule has 210 valence electrons. The van der Waals surface area contributed by atoms with Gasteiger partial charge in [-0.2, -0.15) is 0 Å². The maximum Gasteiger partial charge on any atom is 1.00 e. The van der Waals surface area contributed by atoms with Crippen molar-refractivity contribution in [3.05, 3.63) is 0 Å². The zero-order chi connectivity index (χ0) is 27.7. The van der Waals surface area contributed by atoms with Crippen molar-refractivity contribution in [2.45, 2.75) is 52.1 Å². The predicted molar refractivity (Wildman–Crippen MR) is 141 cm³/mol. The molecule has 0 radical (unpaired) electrons. The van der Waals surface area contributed by atoms with E-state index in [1.54, 1.807) is 0 Å². The van der Waals surface area contributed by atoms with Crippen molar-refractivity contribution in [2.24, 2.45) is 0 Å². The van der Waals surface area contributed by atoms with Gasteiger partial charge in [0.05, 0.1) is 11.5 Å². The number of rotatable bonds is 19. The molecule has 20 heteroatoms. The van der Waals surface area contributed by atoms with Crippen molar-refractivity contribution in [1.82, 2.24) is 0 Å². The Hall–Kier alpha value is 1.50. The van der Waals surface area contributed by atoms with Crippen molar-refractivity contribution < 1.29 is 115 Å². The maximum atomic E-state index is 11.4. The van der Waals surface area contributed by atoms with Crippen LogP contribution in [-0.4, -0.2) is 100 Å². The number of ether oxygens (including phenoxy) is 4. The van der Waals surface area contributed by atoms with Crippen LogP contribution in [0.4, 0.5) is 0 Å². The molecule has 0 aromatic rings. The summed E-state index contributed by atoms with van der Waals surface area (Å²) in [5.41, 5.74) is 0. The Labute approximate surface area is 287 Å². The van der Waals surface area contributed by atoms with Crippen LogP contribution in [0.2, 0.25) is 0 Å². The smallest absolute Gasteiger partial charge is 0.772 e.